The predicted octanol–water partition coefficient (Wildman–Crippen LogP) is 2.87. The minimum absolute atomic E-state index is 0.136. The molecule has 1 aliphatic carbocycles. The minimum atomic E-state index is -0.443. The molecule has 0 spiro atoms. The molecule has 1 aromatic rings. The molecule has 1 saturated carbocycles. The fourth-order valence-corrected chi connectivity index (χ4v) is 2.35. The molecule has 2 aliphatic rings. The predicted molar refractivity (Wildman–Crippen MR) is 72.3 cm³/mol. The number of amides is 1. The van der Waals surface area contributed by atoms with Crippen molar-refractivity contribution in [2.45, 2.75) is 44.3 Å². The first kappa shape index (κ1) is 13.4. The molecule has 108 valence electrons. The van der Waals surface area contributed by atoms with Crippen LogP contribution in [0.25, 0.3) is 0 Å². The third kappa shape index (κ3) is 2.93. The lowest BCUT2D eigenvalue weighted by Crippen LogP contribution is -2.27. The molecule has 1 aromatic carbocycles. The van der Waals surface area contributed by atoms with Gasteiger partial charge in [-0.1, -0.05) is 0 Å². The number of anilines is 1. The van der Waals surface area contributed by atoms with E-state index in [4.69, 9.17) is 9.47 Å². The van der Waals surface area contributed by atoms with Crippen molar-refractivity contribution in [2.24, 2.45) is 0 Å². The van der Waals surface area contributed by atoms with Gasteiger partial charge in [-0.15, -0.1) is 0 Å². The Labute approximate surface area is 117 Å². The number of hydrogen-bond acceptors (Lipinski definition) is 3. The molecule has 1 atom stereocenters. The molecule has 1 heterocycles. The maximum absolute atomic E-state index is 13.9. The standard InChI is InChI=1S/C15H18FNO3/c16-12-9-10(17-15(18)14-5-2-8-19-14)6-7-13(12)20-11-3-1-4-11/h6-7,9,11,14H,1-5,8H2,(H,17,18). The summed E-state index contributed by atoms with van der Waals surface area (Å²) in [5.74, 6) is -0.401. The van der Waals surface area contributed by atoms with Crippen LogP contribution in [0.5, 0.6) is 5.75 Å². The van der Waals surface area contributed by atoms with Crippen LogP contribution in [0.1, 0.15) is 32.1 Å². The summed E-state index contributed by atoms with van der Waals surface area (Å²) < 4.78 is 24.7. The molecule has 5 heteroatoms. The normalized spacial score (nSPS) is 22.4. The summed E-state index contributed by atoms with van der Waals surface area (Å²) in [5, 5.41) is 2.67. The van der Waals surface area contributed by atoms with Crippen molar-refractivity contribution < 1.29 is 18.7 Å². The van der Waals surface area contributed by atoms with E-state index in [1.807, 2.05) is 0 Å². The van der Waals surface area contributed by atoms with Crippen LogP contribution in [0.4, 0.5) is 10.1 Å². The van der Waals surface area contributed by atoms with Gasteiger partial charge in [0.1, 0.15) is 6.10 Å². The summed E-state index contributed by atoms with van der Waals surface area (Å²) in [7, 11) is 0. The molecule has 20 heavy (non-hydrogen) atoms. The molecule has 0 aromatic heterocycles. The van der Waals surface area contributed by atoms with Gasteiger partial charge in [0.05, 0.1) is 6.10 Å². The summed E-state index contributed by atoms with van der Waals surface area (Å²) in [5.41, 5.74) is 0.434. The first-order chi connectivity index (χ1) is 9.72. The summed E-state index contributed by atoms with van der Waals surface area (Å²) in [6.45, 7) is 0.612. The van der Waals surface area contributed by atoms with Crippen LogP contribution >= 0.6 is 0 Å². The number of halogens is 1. The Morgan fingerprint density at radius 2 is 2.15 bits per heavy atom. The smallest absolute Gasteiger partial charge is 0.253 e. The molecule has 1 unspecified atom stereocenters. The molecule has 2 fully saturated rings. The van der Waals surface area contributed by atoms with Gasteiger partial charge in [0, 0.05) is 18.4 Å². The number of rotatable bonds is 4. The molecular weight excluding hydrogens is 261 g/mol. The quantitative estimate of drug-likeness (QED) is 0.922. The van der Waals surface area contributed by atoms with Gasteiger partial charge in [-0.05, 0) is 44.2 Å². The zero-order valence-electron chi connectivity index (χ0n) is 11.2. The van der Waals surface area contributed by atoms with Crippen molar-refractivity contribution in [1.82, 2.24) is 0 Å². The van der Waals surface area contributed by atoms with Crippen LogP contribution in [-0.4, -0.2) is 24.7 Å². The molecule has 1 saturated heterocycles. The van der Waals surface area contributed by atoms with Crippen LogP contribution < -0.4 is 10.1 Å². The van der Waals surface area contributed by atoms with Crippen LogP contribution in [0.3, 0.4) is 0 Å². The monoisotopic (exact) mass is 279 g/mol. The Morgan fingerprint density at radius 1 is 1.30 bits per heavy atom. The molecule has 0 bridgehead atoms. The van der Waals surface area contributed by atoms with E-state index >= 15 is 0 Å². The highest BCUT2D eigenvalue weighted by Gasteiger charge is 2.24. The third-order valence-corrected chi connectivity index (χ3v) is 3.77. The second-order valence-electron chi connectivity index (χ2n) is 5.31. The average Bonchev–Trinajstić information content (AvgIpc) is 2.89. The Bertz CT molecular complexity index is 496. The lowest BCUT2D eigenvalue weighted by molar-refractivity contribution is -0.124. The molecule has 1 amide bonds. The van der Waals surface area contributed by atoms with Crippen molar-refractivity contribution in [3.05, 3.63) is 24.0 Å². The van der Waals surface area contributed by atoms with E-state index in [9.17, 15) is 9.18 Å². The number of hydrogen-bond donors (Lipinski definition) is 1. The van der Waals surface area contributed by atoms with Gasteiger partial charge in [-0.3, -0.25) is 4.79 Å². The zero-order valence-corrected chi connectivity index (χ0v) is 11.2. The van der Waals surface area contributed by atoms with Gasteiger partial charge in [0.2, 0.25) is 0 Å². The molecular formula is C15H18FNO3. The van der Waals surface area contributed by atoms with Crippen LogP contribution in [0.15, 0.2) is 18.2 Å². The van der Waals surface area contributed by atoms with E-state index in [0.29, 0.717) is 12.3 Å². The van der Waals surface area contributed by atoms with Crippen molar-refractivity contribution >= 4 is 11.6 Å². The van der Waals surface area contributed by atoms with Crippen molar-refractivity contribution in [3.8, 4) is 5.75 Å². The summed E-state index contributed by atoms with van der Waals surface area (Å²) >= 11 is 0. The van der Waals surface area contributed by atoms with Gasteiger partial charge in [-0.25, -0.2) is 4.39 Å². The number of nitrogens with one attached hydrogen (secondary N) is 1. The summed E-state index contributed by atoms with van der Waals surface area (Å²) in [6, 6.07) is 4.52. The maximum atomic E-state index is 13.9. The molecule has 1 N–H and O–H groups in total. The van der Waals surface area contributed by atoms with E-state index in [1.165, 1.54) is 6.07 Å². The Balaban J connectivity index is 1.61. The fourth-order valence-electron chi connectivity index (χ4n) is 2.35. The number of carbonyl (C=O) groups excluding carboxylic acids is 1. The molecule has 1 aliphatic heterocycles. The highest BCUT2D eigenvalue weighted by molar-refractivity contribution is 5.94. The second kappa shape index (κ2) is 5.79. The van der Waals surface area contributed by atoms with E-state index < -0.39 is 11.9 Å². The minimum Gasteiger partial charge on any atom is -0.487 e. The van der Waals surface area contributed by atoms with Crippen molar-refractivity contribution in [1.29, 1.82) is 0 Å². The van der Waals surface area contributed by atoms with Gasteiger partial charge in [-0.2, -0.15) is 0 Å². The van der Waals surface area contributed by atoms with E-state index in [-0.39, 0.29) is 17.8 Å². The fraction of sp³-hybridized carbons (Fsp3) is 0.533. The van der Waals surface area contributed by atoms with Gasteiger partial charge < -0.3 is 14.8 Å². The highest BCUT2D eigenvalue weighted by atomic mass is 19.1. The number of carbonyl (C=O) groups is 1. The lowest BCUT2D eigenvalue weighted by Gasteiger charge is -2.26. The Morgan fingerprint density at radius 3 is 2.75 bits per heavy atom. The van der Waals surface area contributed by atoms with E-state index in [0.717, 1.165) is 32.1 Å². The first-order valence-electron chi connectivity index (χ1n) is 7.11. The van der Waals surface area contributed by atoms with Crippen LogP contribution in [0, 0.1) is 5.82 Å². The first-order valence-corrected chi connectivity index (χ1v) is 7.11. The van der Waals surface area contributed by atoms with E-state index in [1.54, 1.807) is 12.1 Å². The van der Waals surface area contributed by atoms with E-state index in [2.05, 4.69) is 5.32 Å². The van der Waals surface area contributed by atoms with Crippen LogP contribution in [-0.2, 0) is 9.53 Å². The van der Waals surface area contributed by atoms with Crippen LogP contribution in [0.2, 0.25) is 0 Å². The van der Waals surface area contributed by atoms with Crippen molar-refractivity contribution in [2.75, 3.05) is 11.9 Å². The SMILES string of the molecule is O=C(Nc1ccc(OC2CCC2)c(F)c1)C1CCCO1. The highest BCUT2D eigenvalue weighted by Crippen LogP contribution is 2.28. The number of ether oxygens (including phenoxy) is 2. The number of benzene rings is 1. The largest absolute Gasteiger partial charge is 0.487 e. The topological polar surface area (TPSA) is 47.6 Å². The Kier molecular flexibility index (Phi) is 3.87. The summed E-state index contributed by atoms with van der Waals surface area (Å²) in [4.78, 5) is 11.9. The second-order valence-corrected chi connectivity index (χ2v) is 5.31. The average molecular weight is 279 g/mol. The van der Waals surface area contributed by atoms with Gasteiger partial charge >= 0.3 is 0 Å². The zero-order chi connectivity index (χ0) is 13.9. The molecule has 0 radical (unpaired) electrons. The molecule has 4 nitrogen and oxygen atoms in total. The van der Waals surface area contributed by atoms with Crippen molar-refractivity contribution in [3.63, 3.8) is 0 Å². The summed E-state index contributed by atoms with van der Waals surface area (Å²) in [6.07, 6.45) is 4.44. The van der Waals surface area contributed by atoms with Gasteiger partial charge in [0.15, 0.2) is 11.6 Å². The molecule has 3 rings (SSSR count). The lowest BCUT2D eigenvalue weighted by atomic mass is 9.96. The Hall–Kier alpha value is -1.62. The maximum Gasteiger partial charge on any atom is 0.253 e. The third-order valence-electron chi connectivity index (χ3n) is 3.77. The van der Waals surface area contributed by atoms with Gasteiger partial charge in [0.25, 0.3) is 5.91 Å².